The fourth-order valence-corrected chi connectivity index (χ4v) is 3.47. The fraction of sp³-hybridized carbons (Fsp3) is 0.263. The van der Waals surface area contributed by atoms with E-state index in [-0.39, 0.29) is 17.8 Å². The van der Waals surface area contributed by atoms with Gasteiger partial charge < -0.3 is 21.7 Å². The maximum Gasteiger partial charge on any atom is 0.227 e. The van der Waals surface area contributed by atoms with E-state index in [1.165, 1.54) is 17.5 Å². The molecule has 2 heterocycles. The van der Waals surface area contributed by atoms with E-state index in [4.69, 9.17) is 11.5 Å². The highest BCUT2D eigenvalue weighted by molar-refractivity contribution is 7.16. The number of amidine groups is 1. The van der Waals surface area contributed by atoms with Crippen molar-refractivity contribution in [1.29, 1.82) is 0 Å². The summed E-state index contributed by atoms with van der Waals surface area (Å²) in [5, 5.41) is 3.68. The highest BCUT2D eigenvalue weighted by Crippen LogP contribution is 2.19. The number of amides is 1. The number of nitrogens with one attached hydrogen (secondary N) is 1. The Hall–Kier alpha value is -3.20. The lowest BCUT2D eigenvalue weighted by Gasteiger charge is -2.16. The minimum Gasteiger partial charge on any atom is -0.399 e. The highest BCUT2D eigenvalue weighted by Gasteiger charge is 2.25. The number of hydrogen-bond donors (Lipinski definition) is 3. The van der Waals surface area contributed by atoms with Crippen molar-refractivity contribution < 1.29 is 9.59 Å². The summed E-state index contributed by atoms with van der Waals surface area (Å²) in [7, 11) is 0. The van der Waals surface area contributed by atoms with Crippen molar-refractivity contribution in [2.75, 3.05) is 18.8 Å². The number of rotatable bonds is 7. The first-order valence-electron chi connectivity index (χ1n) is 8.83. The Bertz CT molecular complexity index is 890. The Kier molecular flexibility index (Phi) is 6.38. The van der Waals surface area contributed by atoms with Gasteiger partial charge in [0.15, 0.2) is 6.29 Å². The first kappa shape index (κ1) is 19.6. The largest absolute Gasteiger partial charge is 0.399 e. The van der Waals surface area contributed by atoms with Crippen molar-refractivity contribution in [2.45, 2.75) is 18.9 Å². The van der Waals surface area contributed by atoms with Crippen molar-refractivity contribution in [3.05, 3.63) is 53.2 Å². The standard InChI is InChI=1S/C19H22N6O2S/c20-14-3-1-13(2-4-14)9-18(27)25-8-6-15(11-25)22-7-5-17(21)24-19-23-10-16(12-26)28-19/h1-5,7,10,12,15,22H,6,8-9,11,20H2,(H2,21,23,24)/b7-5-. The molecule has 0 saturated carbocycles. The molecule has 146 valence electrons. The van der Waals surface area contributed by atoms with Gasteiger partial charge in [-0.3, -0.25) is 9.59 Å². The molecule has 0 radical (unpaired) electrons. The number of aliphatic imine (C=N–C) groups is 1. The molecule has 3 rings (SSSR count). The average Bonchev–Trinajstić information content (AvgIpc) is 3.33. The molecule has 1 fully saturated rings. The number of benzene rings is 1. The Morgan fingerprint density at radius 1 is 1.39 bits per heavy atom. The van der Waals surface area contributed by atoms with Gasteiger partial charge in [0, 0.05) is 31.0 Å². The summed E-state index contributed by atoms with van der Waals surface area (Å²) in [4.78, 5) is 33.6. The van der Waals surface area contributed by atoms with Crippen molar-refractivity contribution >= 4 is 40.2 Å². The summed E-state index contributed by atoms with van der Waals surface area (Å²) in [5.41, 5.74) is 13.2. The van der Waals surface area contributed by atoms with Crippen LogP contribution in [0.3, 0.4) is 0 Å². The minimum absolute atomic E-state index is 0.105. The number of carbonyl (C=O) groups excluding carboxylic acids is 2. The summed E-state index contributed by atoms with van der Waals surface area (Å²) < 4.78 is 0. The van der Waals surface area contributed by atoms with Crippen molar-refractivity contribution in [2.24, 2.45) is 10.7 Å². The van der Waals surface area contributed by atoms with Crippen LogP contribution in [0.1, 0.15) is 21.7 Å². The lowest BCUT2D eigenvalue weighted by atomic mass is 10.1. The van der Waals surface area contributed by atoms with Gasteiger partial charge in [-0.25, -0.2) is 9.98 Å². The smallest absolute Gasteiger partial charge is 0.227 e. The van der Waals surface area contributed by atoms with Crippen LogP contribution < -0.4 is 16.8 Å². The fourth-order valence-electron chi connectivity index (χ4n) is 2.85. The average molecular weight is 398 g/mol. The molecule has 9 heteroatoms. The molecule has 0 spiro atoms. The van der Waals surface area contributed by atoms with Gasteiger partial charge in [0.05, 0.1) is 17.5 Å². The van der Waals surface area contributed by atoms with Gasteiger partial charge in [-0.2, -0.15) is 0 Å². The van der Waals surface area contributed by atoms with Crippen LogP contribution in [0.15, 0.2) is 47.7 Å². The Balaban J connectivity index is 1.46. The number of hydrogen-bond acceptors (Lipinski definition) is 7. The zero-order valence-corrected chi connectivity index (χ0v) is 16.1. The van der Waals surface area contributed by atoms with Crippen LogP contribution in [-0.4, -0.2) is 47.0 Å². The summed E-state index contributed by atoms with van der Waals surface area (Å²) in [6, 6.07) is 7.54. The van der Waals surface area contributed by atoms with Gasteiger partial charge >= 0.3 is 0 Å². The Morgan fingerprint density at radius 3 is 2.89 bits per heavy atom. The zero-order valence-electron chi connectivity index (χ0n) is 15.2. The number of nitrogens with two attached hydrogens (primary N) is 2. The van der Waals surface area contributed by atoms with Crippen molar-refractivity contribution in [3.63, 3.8) is 0 Å². The predicted octanol–water partition coefficient (Wildman–Crippen LogP) is 1.47. The number of nitrogen functional groups attached to an aromatic ring is 1. The number of likely N-dealkylation sites (tertiary alicyclic amines) is 1. The first-order valence-corrected chi connectivity index (χ1v) is 9.65. The normalized spacial score (nSPS) is 17.2. The van der Waals surface area contributed by atoms with Crippen LogP contribution in [0.2, 0.25) is 0 Å². The van der Waals surface area contributed by atoms with Gasteiger partial charge in [0.25, 0.3) is 0 Å². The van der Waals surface area contributed by atoms with E-state index in [9.17, 15) is 9.59 Å². The number of anilines is 1. The van der Waals surface area contributed by atoms with Crippen LogP contribution in [0, 0.1) is 0 Å². The van der Waals surface area contributed by atoms with Gasteiger partial charge in [-0.15, -0.1) is 0 Å². The number of carbonyl (C=O) groups is 2. The van der Waals surface area contributed by atoms with E-state index < -0.39 is 0 Å². The van der Waals surface area contributed by atoms with Gasteiger partial charge in [-0.1, -0.05) is 23.5 Å². The quantitative estimate of drug-likeness (QED) is 0.281. The maximum absolute atomic E-state index is 12.4. The third-order valence-corrected chi connectivity index (χ3v) is 5.13. The molecule has 5 N–H and O–H groups in total. The molecular formula is C19H22N6O2S. The van der Waals surface area contributed by atoms with Gasteiger partial charge in [0.1, 0.15) is 5.84 Å². The molecule has 0 aliphatic carbocycles. The van der Waals surface area contributed by atoms with Crippen LogP contribution in [0.5, 0.6) is 0 Å². The molecule has 28 heavy (non-hydrogen) atoms. The lowest BCUT2D eigenvalue weighted by molar-refractivity contribution is -0.129. The second kappa shape index (κ2) is 9.14. The molecule has 1 saturated heterocycles. The summed E-state index contributed by atoms with van der Waals surface area (Å²) in [6.45, 7) is 1.36. The second-order valence-corrected chi connectivity index (χ2v) is 7.48. The van der Waals surface area contributed by atoms with E-state index in [1.54, 1.807) is 24.4 Å². The van der Waals surface area contributed by atoms with Gasteiger partial charge in [-0.05, 0) is 30.2 Å². The molecule has 1 amide bonds. The monoisotopic (exact) mass is 398 g/mol. The predicted molar refractivity (Wildman–Crippen MR) is 111 cm³/mol. The third-order valence-electron chi connectivity index (χ3n) is 4.31. The first-order chi connectivity index (χ1) is 13.5. The van der Waals surface area contributed by atoms with Gasteiger partial charge in [0.2, 0.25) is 11.0 Å². The topological polar surface area (TPSA) is 127 Å². The van der Waals surface area contributed by atoms with Crippen molar-refractivity contribution in [3.8, 4) is 0 Å². The summed E-state index contributed by atoms with van der Waals surface area (Å²) >= 11 is 1.17. The summed E-state index contributed by atoms with van der Waals surface area (Å²) in [5.74, 6) is 0.391. The molecule has 1 unspecified atom stereocenters. The maximum atomic E-state index is 12.4. The van der Waals surface area contributed by atoms with E-state index in [2.05, 4.69) is 15.3 Å². The molecule has 8 nitrogen and oxygen atoms in total. The molecule has 1 aliphatic rings. The molecule has 1 aromatic heterocycles. The number of aldehydes is 1. The molecule has 1 aliphatic heterocycles. The van der Waals surface area contributed by atoms with Crippen molar-refractivity contribution in [1.82, 2.24) is 15.2 Å². The molecule has 0 bridgehead atoms. The molecule has 2 aromatic rings. The molecule has 1 atom stereocenters. The Labute approximate surface area is 167 Å². The Morgan fingerprint density at radius 2 is 2.18 bits per heavy atom. The molecule has 1 aromatic carbocycles. The van der Waals surface area contributed by atoms with Crippen LogP contribution >= 0.6 is 11.3 Å². The van der Waals surface area contributed by atoms with E-state index in [0.717, 1.165) is 24.8 Å². The second-order valence-electron chi connectivity index (χ2n) is 6.44. The van der Waals surface area contributed by atoms with E-state index in [0.29, 0.717) is 28.7 Å². The van der Waals surface area contributed by atoms with Crippen LogP contribution in [-0.2, 0) is 11.2 Å². The highest BCUT2D eigenvalue weighted by atomic mass is 32.1. The van der Waals surface area contributed by atoms with E-state index in [1.807, 2.05) is 17.0 Å². The summed E-state index contributed by atoms with van der Waals surface area (Å²) in [6.07, 6.45) is 6.79. The van der Waals surface area contributed by atoms with Crippen LogP contribution in [0.25, 0.3) is 0 Å². The third kappa shape index (κ3) is 5.40. The lowest BCUT2D eigenvalue weighted by Crippen LogP contribution is -2.34. The SMILES string of the molecule is NC(/C=C\NC1CCN(C(=O)Cc2ccc(N)cc2)C1)=N/c1ncc(C=O)s1. The zero-order chi connectivity index (χ0) is 19.9. The number of aromatic nitrogens is 1. The minimum atomic E-state index is 0.105. The van der Waals surface area contributed by atoms with Crippen LogP contribution in [0.4, 0.5) is 10.8 Å². The number of nitrogens with zero attached hydrogens (tertiary/aromatic N) is 3. The number of thiazole rings is 1. The molecular weight excluding hydrogens is 376 g/mol. The van der Waals surface area contributed by atoms with E-state index >= 15 is 0 Å².